The second-order valence-corrected chi connectivity index (χ2v) is 9.69. The SMILES string of the molecule is CC(=O)Nc1ccc(N2C(=S)N[C@H](c3ccccn3)[C@@H]2c2cc(C)n(-c3ccc(Cl)cc3)c2C)cc1. The molecular weight excluding hydrogens is 490 g/mol. The van der Waals surface area contributed by atoms with Gasteiger partial charge in [0.05, 0.1) is 17.8 Å². The van der Waals surface area contributed by atoms with Crippen LogP contribution in [0.4, 0.5) is 11.4 Å². The molecule has 0 saturated carbocycles. The third-order valence-electron chi connectivity index (χ3n) is 6.44. The van der Waals surface area contributed by atoms with E-state index in [0.29, 0.717) is 10.1 Å². The normalized spacial score (nSPS) is 17.2. The molecule has 3 heterocycles. The Hall–Kier alpha value is -3.68. The van der Waals surface area contributed by atoms with Crippen LogP contribution in [0.15, 0.2) is 79.0 Å². The predicted molar refractivity (Wildman–Crippen MR) is 149 cm³/mol. The van der Waals surface area contributed by atoms with E-state index in [-0.39, 0.29) is 18.0 Å². The minimum atomic E-state index is -0.145. The zero-order valence-electron chi connectivity index (χ0n) is 20.2. The maximum Gasteiger partial charge on any atom is 0.221 e. The van der Waals surface area contributed by atoms with Crippen LogP contribution in [0.2, 0.25) is 5.02 Å². The van der Waals surface area contributed by atoms with E-state index >= 15 is 0 Å². The van der Waals surface area contributed by atoms with E-state index in [4.69, 9.17) is 23.8 Å². The van der Waals surface area contributed by atoms with Crippen LogP contribution >= 0.6 is 23.8 Å². The molecule has 1 saturated heterocycles. The van der Waals surface area contributed by atoms with Gasteiger partial charge in [-0.1, -0.05) is 17.7 Å². The van der Waals surface area contributed by atoms with Crippen LogP contribution in [0, 0.1) is 13.8 Å². The average molecular weight is 516 g/mol. The first kappa shape index (κ1) is 24.0. The highest BCUT2D eigenvalue weighted by Crippen LogP contribution is 2.44. The van der Waals surface area contributed by atoms with Crippen molar-refractivity contribution in [3.63, 3.8) is 0 Å². The van der Waals surface area contributed by atoms with Crippen LogP contribution in [0.1, 0.15) is 41.7 Å². The third kappa shape index (κ3) is 4.47. The summed E-state index contributed by atoms with van der Waals surface area (Å²) in [6.07, 6.45) is 1.80. The standard InChI is InChI=1S/C28H26ClN5OS/c1-17-16-24(18(2)33(17)22-11-7-20(29)8-12-22)27-26(25-6-4-5-15-30-25)32-28(36)34(27)23-13-9-21(10-14-23)31-19(3)35/h4-16,26-27H,1-3H3,(H,31,35)(H,32,36)/t26-,27+/m1/s1. The maximum atomic E-state index is 11.5. The Bertz CT molecular complexity index is 1420. The number of amides is 1. The second kappa shape index (κ2) is 9.76. The average Bonchev–Trinajstić information content (AvgIpc) is 3.35. The van der Waals surface area contributed by atoms with Gasteiger partial charge in [0.15, 0.2) is 5.11 Å². The molecule has 1 aliphatic rings. The molecule has 182 valence electrons. The molecule has 2 aromatic carbocycles. The lowest BCUT2D eigenvalue weighted by atomic mass is 9.96. The summed E-state index contributed by atoms with van der Waals surface area (Å²) in [6.45, 7) is 5.73. The molecule has 36 heavy (non-hydrogen) atoms. The number of nitrogens with zero attached hydrogens (tertiary/aromatic N) is 3. The number of halogens is 1. The van der Waals surface area contributed by atoms with Crippen LogP contribution in [0.5, 0.6) is 0 Å². The van der Waals surface area contributed by atoms with Gasteiger partial charge in [-0.25, -0.2) is 0 Å². The first-order valence-corrected chi connectivity index (χ1v) is 12.4. The summed E-state index contributed by atoms with van der Waals surface area (Å²) in [6, 6.07) is 23.5. The van der Waals surface area contributed by atoms with Crippen molar-refractivity contribution in [1.82, 2.24) is 14.9 Å². The lowest BCUT2D eigenvalue weighted by Crippen LogP contribution is -2.29. The topological polar surface area (TPSA) is 62.2 Å². The van der Waals surface area contributed by atoms with Gasteiger partial charge in [-0.15, -0.1) is 0 Å². The number of thiocarbonyl (C=S) groups is 1. The summed E-state index contributed by atoms with van der Waals surface area (Å²) >= 11 is 12.0. The Labute approximate surface area is 220 Å². The van der Waals surface area contributed by atoms with Gasteiger partial charge < -0.3 is 20.1 Å². The Morgan fingerprint density at radius 2 is 1.72 bits per heavy atom. The molecule has 0 bridgehead atoms. The summed E-state index contributed by atoms with van der Waals surface area (Å²) < 4.78 is 2.24. The van der Waals surface area contributed by atoms with Crippen LogP contribution < -0.4 is 15.5 Å². The molecule has 1 fully saturated rings. The molecule has 0 unspecified atom stereocenters. The Balaban J connectivity index is 1.62. The summed E-state index contributed by atoms with van der Waals surface area (Å²) in [5.74, 6) is -0.108. The lowest BCUT2D eigenvalue weighted by molar-refractivity contribution is -0.114. The molecule has 8 heteroatoms. The fourth-order valence-electron chi connectivity index (χ4n) is 4.93. The molecular formula is C28H26ClN5OS. The van der Waals surface area contributed by atoms with Crippen molar-refractivity contribution in [2.45, 2.75) is 32.9 Å². The van der Waals surface area contributed by atoms with E-state index in [9.17, 15) is 4.79 Å². The molecule has 4 aromatic rings. The number of pyridine rings is 1. The molecule has 2 N–H and O–H groups in total. The van der Waals surface area contributed by atoms with Gasteiger partial charge in [0.2, 0.25) is 5.91 Å². The number of carbonyl (C=O) groups is 1. The third-order valence-corrected chi connectivity index (χ3v) is 7.00. The number of aromatic nitrogens is 2. The van der Waals surface area contributed by atoms with Crippen molar-refractivity contribution in [3.8, 4) is 5.69 Å². The molecule has 5 rings (SSSR count). The largest absolute Gasteiger partial charge is 0.351 e. The summed E-state index contributed by atoms with van der Waals surface area (Å²) in [5, 5.41) is 7.67. The molecule has 0 spiro atoms. The maximum absolute atomic E-state index is 11.5. The Morgan fingerprint density at radius 3 is 2.36 bits per heavy atom. The van der Waals surface area contributed by atoms with Gasteiger partial charge in [-0.2, -0.15) is 0 Å². The minimum Gasteiger partial charge on any atom is -0.351 e. The Kier molecular flexibility index (Phi) is 6.51. The lowest BCUT2D eigenvalue weighted by Gasteiger charge is -2.28. The summed E-state index contributed by atoms with van der Waals surface area (Å²) in [7, 11) is 0. The van der Waals surface area contributed by atoms with Gasteiger partial charge in [-0.05, 0) is 98.4 Å². The molecule has 1 amide bonds. The number of rotatable bonds is 5. The van der Waals surface area contributed by atoms with E-state index in [1.54, 1.807) is 6.20 Å². The highest BCUT2D eigenvalue weighted by Gasteiger charge is 2.42. The fraction of sp³-hybridized carbons (Fsp3) is 0.179. The number of benzene rings is 2. The fourth-order valence-corrected chi connectivity index (χ4v) is 5.40. The van der Waals surface area contributed by atoms with E-state index in [2.05, 4.69) is 45.0 Å². The van der Waals surface area contributed by atoms with Crippen LogP contribution in [0.25, 0.3) is 5.69 Å². The quantitative estimate of drug-likeness (QED) is 0.306. The summed E-state index contributed by atoms with van der Waals surface area (Å²) in [4.78, 5) is 18.3. The zero-order valence-corrected chi connectivity index (χ0v) is 21.8. The van der Waals surface area contributed by atoms with Gasteiger partial charge in [0.1, 0.15) is 0 Å². The number of nitrogens with one attached hydrogen (secondary N) is 2. The minimum absolute atomic E-state index is 0.108. The number of anilines is 2. The van der Waals surface area contributed by atoms with Gasteiger partial charge in [0, 0.05) is 46.6 Å². The van der Waals surface area contributed by atoms with E-state index < -0.39 is 0 Å². The van der Waals surface area contributed by atoms with Crippen LogP contribution in [-0.4, -0.2) is 20.6 Å². The van der Waals surface area contributed by atoms with E-state index in [1.807, 2.05) is 66.7 Å². The molecule has 0 radical (unpaired) electrons. The van der Waals surface area contributed by atoms with Gasteiger partial charge in [0.25, 0.3) is 0 Å². The van der Waals surface area contributed by atoms with E-state index in [1.165, 1.54) is 6.92 Å². The van der Waals surface area contributed by atoms with Gasteiger partial charge in [-0.3, -0.25) is 9.78 Å². The van der Waals surface area contributed by atoms with Crippen molar-refractivity contribution < 1.29 is 4.79 Å². The smallest absolute Gasteiger partial charge is 0.221 e. The zero-order chi connectivity index (χ0) is 25.4. The highest BCUT2D eigenvalue weighted by molar-refractivity contribution is 7.80. The monoisotopic (exact) mass is 515 g/mol. The summed E-state index contributed by atoms with van der Waals surface area (Å²) in [5.41, 5.74) is 7.02. The highest BCUT2D eigenvalue weighted by atomic mass is 35.5. The molecule has 0 aliphatic carbocycles. The van der Waals surface area contributed by atoms with Crippen molar-refractivity contribution in [2.75, 3.05) is 10.2 Å². The van der Waals surface area contributed by atoms with Gasteiger partial charge >= 0.3 is 0 Å². The number of carbonyl (C=O) groups excluding carboxylic acids is 1. The van der Waals surface area contributed by atoms with Crippen LogP contribution in [0.3, 0.4) is 0 Å². The van der Waals surface area contributed by atoms with Crippen molar-refractivity contribution in [2.24, 2.45) is 0 Å². The van der Waals surface area contributed by atoms with Crippen molar-refractivity contribution in [1.29, 1.82) is 0 Å². The Morgan fingerprint density at radius 1 is 1.03 bits per heavy atom. The number of hydrogen-bond donors (Lipinski definition) is 2. The molecule has 6 nitrogen and oxygen atoms in total. The molecule has 1 aliphatic heterocycles. The van der Waals surface area contributed by atoms with Crippen molar-refractivity contribution >= 4 is 46.2 Å². The molecule has 2 atom stereocenters. The number of hydrogen-bond acceptors (Lipinski definition) is 3. The predicted octanol–water partition coefficient (Wildman–Crippen LogP) is 6.28. The van der Waals surface area contributed by atoms with E-state index in [0.717, 1.165) is 39.7 Å². The first-order chi connectivity index (χ1) is 17.3. The second-order valence-electron chi connectivity index (χ2n) is 8.86. The molecule has 2 aromatic heterocycles. The number of aryl methyl sites for hydroxylation is 1. The van der Waals surface area contributed by atoms with Crippen LogP contribution in [-0.2, 0) is 4.79 Å². The van der Waals surface area contributed by atoms with Crippen molar-refractivity contribution in [3.05, 3.63) is 107 Å². The first-order valence-electron chi connectivity index (χ1n) is 11.7.